The topological polar surface area (TPSA) is 87.3 Å². The van der Waals surface area contributed by atoms with Crippen LogP contribution in [0.2, 0.25) is 0 Å². The molecule has 1 heterocycles. The fourth-order valence-electron chi connectivity index (χ4n) is 2.96. The second kappa shape index (κ2) is 7.67. The molecule has 9 heteroatoms. The number of nitrogens with zero attached hydrogens (tertiary/aromatic N) is 3. The van der Waals surface area contributed by atoms with Crippen molar-refractivity contribution >= 4 is 28.4 Å². The number of fused-ring (bicyclic) bond motifs is 1. The molecule has 4 N–H and O–H groups in total. The third-order valence-corrected chi connectivity index (χ3v) is 4.12. The standard InChI is InChI=1S/C18H18F3N5O/c1-23-16-11-6-5-10(9-13(11)24-18(22)25-16)15-12(19)3-2-4-14(15)26(7-8-27)17(20)21/h2-6,9,17,27H,7-8H2,1H3,(H3,22,23,24,25). The molecule has 0 atom stereocenters. The molecule has 0 radical (unpaired) electrons. The fraction of sp³-hybridized carbons (Fsp3) is 0.222. The molecular formula is C18H18F3N5O. The Bertz CT molecular complexity index is 967. The van der Waals surface area contributed by atoms with Crippen LogP contribution in [0, 0.1) is 5.82 Å². The van der Waals surface area contributed by atoms with E-state index >= 15 is 0 Å². The van der Waals surface area contributed by atoms with E-state index in [1.165, 1.54) is 18.2 Å². The van der Waals surface area contributed by atoms with Crippen LogP contribution in [-0.2, 0) is 0 Å². The Hall–Kier alpha value is -3.07. The Morgan fingerprint density at radius 2 is 2.00 bits per heavy atom. The van der Waals surface area contributed by atoms with E-state index in [1.807, 2.05) is 0 Å². The minimum absolute atomic E-state index is 0.00339. The highest BCUT2D eigenvalue weighted by Gasteiger charge is 2.22. The number of nitrogen functional groups attached to an aromatic ring is 1. The Kier molecular flexibility index (Phi) is 5.31. The number of benzene rings is 2. The van der Waals surface area contributed by atoms with Gasteiger partial charge in [0.2, 0.25) is 5.95 Å². The molecule has 0 spiro atoms. The smallest absolute Gasteiger partial charge is 0.315 e. The number of aromatic nitrogens is 2. The molecule has 1 aromatic heterocycles. The molecule has 0 amide bonds. The van der Waals surface area contributed by atoms with E-state index in [0.717, 1.165) is 0 Å². The van der Waals surface area contributed by atoms with Gasteiger partial charge in [-0.05, 0) is 29.8 Å². The summed E-state index contributed by atoms with van der Waals surface area (Å²) in [5, 5.41) is 12.7. The highest BCUT2D eigenvalue weighted by atomic mass is 19.3. The third kappa shape index (κ3) is 3.59. The molecule has 3 aromatic rings. The zero-order valence-corrected chi connectivity index (χ0v) is 14.5. The highest BCUT2D eigenvalue weighted by molar-refractivity contribution is 5.94. The first-order valence-corrected chi connectivity index (χ1v) is 8.15. The molecule has 0 aliphatic heterocycles. The van der Waals surface area contributed by atoms with Crippen LogP contribution in [0.5, 0.6) is 0 Å². The lowest BCUT2D eigenvalue weighted by molar-refractivity contribution is 0.134. The summed E-state index contributed by atoms with van der Waals surface area (Å²) >= 11 is 0. The minimum atomic E-state index is -2.90. The van der Waals surface area contributed by atoms with Gasteiger partial charge in [0.05, 0.1) is 17.8 Å². The lowest BCUT2D eigenvalue weighted by Gasteiger charge is -2.25. The van der Waals surface area contributed by atoms with Crippen LogP contribution in [0.15, 0.2) is 36.4 Å². The molecule has 0 aliphatic rings. The summed E-state index contributed by atoms with van der Waals surface area (Å²) in [4.78, 5) is 8.88. The first kappa shape index (κ1) is 18.7. The predicted molar refractivity (Wildman–Crippen MR) is 99.3 cm³/mol. The molecule has 0 saturated heterocycles. The van der Waals surface area contributed by atoms with Crippen LogP contribution in [0.3, 0.4) is 0 Å². The van der Waals surface area contributed by atoms with Gasteiger partial charge in [0.1, 0.15) is 11.6 Å². The summed E-state index contributed by atoms with van der Waals surface area (Å²) in [6.45, 7) is -3.72. The van der Waals surface area contributed by atoms with E-state index in [-0.39, 0.29) is 23.7 Å². The van der Waals surface area contributed by atoms with Crippen molar-refractivity contribution in [1.82, 2.24) is 9.97 Å². The number of anilines is 3. The van der Waals surface area contributed by atoms with Crippen molar-refractivity contribution in [3.63, 3.8) is 0 Å². The number of hydrogen-bond donors (Lipinski definition) is 3. The molecule has 142 valence electrons. The molecule has 0 aliphatic carbocycles. The average Bonchev–Trinajstić information content (AvgIpc) is 2.64. The van der Waals surface area contributed by atoms with Gasteiger partial charge < -0.3 is 21.1 Å². The second-order valence-corrected chi connectivity index (χ2v) is 5.74. The molecule has 27 heavy (non-hydrogen) atoms. The van der Waals surface area contributed by atoms with E-state index in [0.29, 0.717) is 27.2 Å². The first-order chi connectivity index (χ1) is 13.0. The van der Waals surface area contributed by atoms with Gasteiger partial charge >= 0.3 is 6.55 Å². The number of aliphatic hydroxyl groups excluding tert-OH is 1. The van der Waals surface area contributed by atoms with Gasteiger partial charge in [0.15, 0.2) is 0 Å². The molecular weight excluding hydrogens is 359 g/mol. The minimum Gasteiger partial charge on any atom is -0.395 e. The summed E-state index contributed by atoms with van der Waals surface area (Å²) in [7, 11) is 1.68. The van der Waals surface area contributed by atoms with Gasteiger partial charge in [-0.1, -0.05) is 12.1 Å². The lowest BCUT2D eigenvalue weighted by atomic mass is 10.0. The van der Waals surface area contributed by atoms with Crippen molar-refractivity contribution in [3.8, 4) is 11.1 Å². The van der Waals surface area contributed by atoms with E-state index in [4.69, 9.17) is 10.8 Å². The Morgan fingerprint density at radius 1 is 1.22 bits per heavy atom. The summed E-state index contributed by atoms with van der Waals surface area (Å²) in [5.74, 6) is -0.120. The maximum absolute atomic E-state index is 14.6. The second-order valence-electron chi connectivity index (χ2n) is 5.74. The zero-order chi connectivity index (χ0) is 19.6. The van der Waals surface area contributed by atoms with Crippen molar-refractivity contribution < 1.29 is 18.3 Å². The number of alkyl halides is 2. The Morgan fingerprint density at radius 3 is 2.67 bits per heavy atom. The summed E-state index contributed by atoms with van der Waals surface area (Å²) < 4.78 is 41.5. The fourth-order valence-corrected chi connectivity index (χ4v) is 2.96. The van der Waals surface area contributed by atoms with Crippen LogP contribution in [0.4, 0.5) is 30.6 Å². The van der Waals surface area contributed by atoms with Crippen molar-refractivity contribution in [3.05, 3.63) is 42.2 Å². The monoisotopic (exact) mass is 377 g/mol. The van der Waals surface area contributed by atoms with E-state index in [9.17, 15) is 13.2 Å². The van der Waals surface area contributed by atoms with Crippen LogP contribution in [0.1, 0.15) is 0 Å². The van der Waals surface area contributed by atoms with Crippen molar-refractivity contribution in [2.24, 2.45) is 0 Å². The maximum atomic E-state index is 14.6. The van der Waals surface area contributed by atoms with Crippen molar-refractivity contribution in [2.45, 2.75) is 6.55 Å². The average molecular weight is 377 g/mol. The van der Waals surface area contributed by atoms with Gasteiger partial charge in [-0.3, -0.25) is 0 Å². The van der Waals surface area contributed by atoms with Gasteiger partial charge in [0.25, 0.3) is 0 Å². The molecule has 2 aromatic carbocycles. The van der Waals surface area contributed by atoms with Gasteiger partial charge in [-0.2, -0.15) is 13.8 Å². The summed E-state index contributed by atoms with van der Waals surface area (Å²) in [5.41, 5.74) is 6.49. The number of nitrogens with one attached hydrogen (secondary N) is 1. The summed E-state index contributed by atoms with van der Waals surface area (Å²) in [6, 6.07) is 8.77. The largest absolute Gasteiger partial charge is 0.395 e. The normalized spacial score (nSPS) is 11.2. The predicted octanol–water partition coefficient (Wildman–Crippen LogP) is 3.08. The molecule has 6 nitrogen and oxygen atoms in total. The molecule has 0 saturated carbocycles. The number of aliphatic hydroxyl groups is 1. The number of nitrogens with two attached hydrogens (primary N) is 1. The highest BCUT2D eigenvalue weighted by Crippen LogP contribution is 2.36. The molecule has 0 bridgehead atoms. The SMILES string of the molecule is CNc1nc(N)nc2cc(-c3c(F)cccc3N(CCO)C(F)F)ccc12. The van der Waals surface area contributed by atoms with Crippen LogP contribution >= 0.6 is 0 Å². The first-order valence-electron chi connectivity index (χ1n) is 8.15. The number of halogens is 3. The quantitative estimate of drug-likeness (QED) is 0.573. The zero-order valence-electron chi connectivity index (χ0n) is 14.5. The Labute approximate surface area is 153 Å². The molecule has 0 fully saturated rings. The van der Waals surface area contributed by atoms with Crippen LogP contribution in [0.25, 0.3) is 22.0 Å². The summed E-state index contributed by atoms with van der Waals surface area (Å²) in [6.07, 6.45) is 0. The maximum Gasteiger partial charge on any atom is 0.315 e. The van der Waals surface area contributed by atoms with Gasteiger partial charge in [0, 0.05) is 24.5 Å². The number of rotatable bonds is 6. The van der Waals surface area contributed by atoms with Gasteiger partial charge in [-0.15, -0.1) is 0 Å². The van der Waals surface area contributed by atoms with Crippen LogP contribution in [-0.4, -0.2) is 41.8 Å². The van der Waals surface area contributed by atoms with Crippen LogP contribution < -0.4 is 16.0 Å². The van der Waals surface area contributed by atoms with Crippen molar-refractivity contribution in [2.75, 3.05) is 36.1 Å². The van der Waals surface area contributed by atoms with E-state index in [1.54, 1.807) is 25.2 Å². The lowest BCUT2D eigenvalue weighted by Crippen LogP contribution is -2.32. The van der Waals surface area contributed by atoms with Gasteiger partial charge in [-0.25, -0.2) is 9.37 Å². The third-order valence-electron chi connectivity index (χ3n) is 4.12. The molecule has 3 rings (SSSR count). The number of hydrogen-bond acceptors (Lipinski definition) is 6. The molecule has 0 unspecified atom stereocenters. The van der Waals surface area contributed by atoms with E-state index in [2.05, 4.69) is 15.3 Å². The van der Waals surface area contributed by atoms with Crippen molar-refractivity contribution in [1.29, 1.82) is 0 Å². The van der Waals surface area contributed by atoms with E-state index < -0.39 is 19.0 Å². The Balaban J connectivity index is 2.22.